The van der Waals surface area contributed by atoms with Gasteiger partial charge in [-0.15, -0.1) is 0 Å². The molecule has 0 bridgehead atoms. The van der Waals surface area contributed by atoms with Gasteiger partial charge in [0.2, 0.25) is 0 Å². The van der Waals surface area contributed by atoms with Crippen LogP contribution in [0.2, 0.25) is 0 Å². The van der Waals surface area contributed by atoms with Gasteiger partial charge in [-0.2, -0.15) is 0 Å². The molecule has 8 aromatic rings. The number of rotatable bonds is 6. The van der Waals surface area contributed by atoms with Crippen LogP contribution in [-0.2, 0) is 0 Å². The van der Waals surface area contributed by atoms with E-state index in [1.165, 1.54) is 54.9 Å². The van der Waals surface area contributed by atoms with Crippen molar-refractivity contribution < 1.29 is 0 Å². The van der Waals surface area contributed by atoms with Gasteiger partial charge in [0.15, 0.2) is 0 Å². The van der Waals surface area contributed by atoms with E-state index in [4.69, 9.17) is 0 Å². The van der Waals surface area contributed by atoms with Crippen molar-refractivity contribution in [3.8, 4) is 33.4 Å². The molecular weight excluding hydrogens is 542 g/mol. The molecule has 0 amide bonds. The summed E-state index contributed by atoms with van der Waals surface area (Å²) in [5.74, 6) is 0. The van der Waals surface area contributed by atoms with Crippen LogP contribution in [0.4, 0.5) is 17.1 Å². The zero-order chi connectivity index (χ0) is 30.0. The molecule has 0 radical (unpaired) electrons. The highest BCUT2D eigenvalue weighted by molar-refractivity contribution is 6.07. The van der Waals surface area contributed by atoms with E-state index in [-0.39, 0.29) is 0 Å². The monoisotopic (exact) mass is 573 g/mol. The third kappa shape index (κ3) is 4.95. The summed E-state index contributed by atoms with van der Waals surface area (Å²) in [7, 11) is 0. The van der Waals surface area contributed by atoms with Crippen molar-refractivity contribution in [1.29, 1.82) is 0 Å². The first-order chi connectivity index (χ1) is 22.3. The maximum atomic E-state index is 2.37. The normalized spacial score (nSPS) is 11.1. The minimum atomic E-state index is 1.12. The van der Waals surface area contributed by atoms with Crippen molar-refractivity contribution >= 4 is 38.6 Å². The highest BCUT2D eigenvalue weighted by atomic mass is 15.1. The smallest absolute Gasteiger partial charge is 0.0540 e. The summed E-state index contributed by atoms with van der Waals surface area (Å²) in [6, 6.07) is 67.6. The van der Waals surface area contributed by atoms with Gasteiger partial charge < -0.3 is 4.90 Å². The molecule has 8 aromatic carbocycles. The van der Waals surface area contributed by atoms with Gasteiger partial charge in [0, 0.05) is 16.8 Å². The van der Waals surface area contributed by atoms with Gasteiger partial charge in [-0.25, -0.2) is 0 Å². The third-order valence-electron chi connectivity index (χ3n) is 8.67. The molecule has 0 N–H and O–H groups in total. The van der Waals surface area contributed by atoms with Crippen molar-refractivity contribution in [2.24, 2.45) is 0 Å². The number of nitrogens with zero attached hydrogens (tertiary/aromatic N) is 1. The number of fused-ring (bicyclic) bond motifs is 2. The zero-order valence-corrected chi connectivity index (χ0v) is 24.8. The minimum absolute atomic E-state index is 1.12. The Hall–Kier alpha value is -5.92. The Morgan fingerprint density at radius 2 is 0.800 bits per heavy atom. The van der Waals surface area contributed by atoms with Crippen molar-refractivity contribution in [2.75, 3.05) is 4.90 Å². The highest BCUT2D eigenvalue weighted by Crippen LogP contribution is 2.43. The topological polar surface area (TPSA) is 3.24 Å². The molecule has 0 aromatic heterocycles. The molecule has 0 saturated heterocycles. The van der Waals surface area contributed by atoms with E-state index >= 15 is 0 Å². The van der Waals surface area contributed by atoms with Crippen LogP contribution in [0.1, 0.15) is 0 Å². The van der Waals surface area contributed by atoms with Crippen LogP contribution >= 0.6 is 0 Å². The quantitative estimate of drug-likeness (QED) is 0.191. The molecule has 212 valence electrons. The second kappa shape index (κ2) is 11.6. The van der Waals surface area contributed by atoms with E-state index in [0.29, 0.717) is 0 Å². The summed E-state index contributed by atoms with van der Waals surface area (Å²) in [4.78, 5) is 2.37. The van der Waals surface area contributed by atoms with Crippen LogP contribution < -0.4 is 4.90 Å². The fourth-order valence-corrected chi connectivity index (χ4v) is 6.57. The largest absolute Gasteiger partial charge is 0.310 e. The molecule has 0 heterocycles. The lowest BCUT2D eigenvalue weighted by molar-refractivity contribution is 1.30. The van der Waals surface area contributed by atoms with E-state index in [2.05, 4.69) is 193 Å². The van der Waals surface area contributed by atoms with Crippen LogP contribution in [0, 0.1) is 0 Å². The Labute approximate surface area is 264 Å². The molecular formula is C44H31N. The number of para-hydroxylation sites is 1. The van der Waals surface area contributed by atoms with Crippen LogP contribution in [0.25, 0.3) is 54.9 Å². The highest BCUT2D eigenvalue weighted by Gasteiger charge is 2.18. The molecule has 45 heavy (non-hydrogen) atoms. The molecule has 1 heteroatoms. The lowest BCUT2D eigenvalue weighted by Gasteiger charge is -2.28. The van der Waals surface area contributed by atoms with E-state index < -0.39 is 0 Å². The van der Waals surface area contributed by atoms with Gasteiger partial charge in [0.25, 0.3) is 0 Å². The van der Waals surface area contributed by atoms with Crippen LogP contribution in [0.5, 0.6) is 0 Å². The summed E-state index contributed by atoms with van der Waals surface area (Å²) < 4.78 is 0. The van der Waals surface area contributed by atoms with Crippen molar-refractivity contribution in [1.82, 2.24) is 0 Å². The van der Waals surface area contributed by atoms with E-state index in [1.54, 1.807) is 0 Å². The maximum Gasteiger partial charge on any atom is 0.0540 e. The first-order valence-electron chi connectivity index (χ1n) is 15.5. The molecule has 0 unspecified atom stereocenters. The Balaban J connectivity index is 1.28. The van der Waals surface area contributed by atoms with Gasteiger partial charge in [-0.1, -0.05) is 158 Å². The second-order valence-corrected chi connectivity index (χ2v) is 11.3. The summed E-state index contributed by atoms with van der Waals surface area (Å²) in [6.07, 6.45) is 0. The standard InChI is InChI=1S/C44H31N/c1-4-14-32(15-5-1)38-30-31-43(42-23-13-12-22-41(38)42)45(36-19-8-3-9-20-36)37-27-24-34(25-28-37)40-29-26-33-16-10-11-21-39(33)44(40)35-17-6-2-7-18-35/h1-31H. The zero-order valence-electron chi connectivity index (χ0n) is 24.8. The Bertz CT molecular complexity index is 2240. The second-order valence-electron chi connectivity index (χ2n) is 11.3. The molecule has 0 aliphatic rings. The average Bonchev–Trinajstić information content (AvgIpc) is 3.13. The number of benzene rings is 8. The van der Waals surface area contributed by atoms with E-state index in [1.807, 2.05) is 0 Å². The fourth-order valence-electron chi connectivity index (χ4n) is 6.57. The molecule has 0 atom stereocenters. The summed E-state index contributed by atoms with van der Waals surface area (Å²) >= 11 is 0. The van der Waals surface area contributed by atoms with Crippen LogP contribution in [0.3, 0.4) is 0 Å². The molecule has 0 aliphatic heterocycles. The average molecular weight is 574 g/mol. The SMILES string of the molecule is c1ccc(-c2c(-c3ccc(N(c4ccccc4)c4ccc(-c5ccccc5)c5ccccc45)cc3)ccc3ccccc23)cc1. The Morgan fingerprint density at radius 3 is 1.51 bits per heavy atom. The lowest BCUT2D eigenvalue weighted by atomic mass is 9.89. The molecule has 0 aliphatic carbocycles. The predicted octanol–water partition coefficient (Wildman–Crippen LogP) is 12.5. The summed E-state index contributed by atoms with van der Waals surface area (Å²) in [5.41, 5.74) is 10.8. The van der Waals surface area contributed by atoms with Crippen molar-refractivity contribution in [2.45, 2.75) is 0 Å². The molecule has 0 fully saturated rings. The van der Waals surface area contributed by atoms with Gasteiger partial charge in [0.05, 0.1) is 5.69 Å². The third-order valence-corrected chi connectivity index (χ3v) is 8.67. The van der Waals surface area contributed by atoms with Gasteiger partial charge in [-0.05, 0) is 79.9 Å². The maximum absolute atomic E-state index is 2.37. The van der Waals surface area contributed by atoms with Gasteiger partial charge in [-0.3, -0.25) is 0 Å². The Kier molecular flexibility index (Phi) is 6.90. The lowest BCUT2D eigenvalue weighted by Crippen LogP contribution is -2.10. The van der Waals surface area contributed by atoms with Crippen LogP contribution in [-0.4, -0.2) is 0 Å². The minimum Gasteiger partial charge on any atom is -0.310 e. The molecule has 1 nitrogen and oxygen atoms in total. The molecule has 0 saturated carbocycles. The van der Waals surface area contributed by atoms with Gasteiger partial charge >= 0.3 is 0 Å². The molecule has 8 rings (SSSR count). The first-order valence-corrected chi connectivity index (χ1v) is 15.5. The van der Waals surface area contributed by atoms with E-state index in [9.17, 15) is 0 Å². The van der Waals surface area contributed by atoms with Crippen molar-refractivity contribution in [3.63, 3.8) is 0 Å². The van der Waals surface area contributed by atoms with Crippen molar-refractivity contribution in [3.05, 3.63) is 188 Å². The predicted molar refractivity (Wildman–Crippen MR) is 192 cm³/mol. The van der Waals surface area contributed by atoms with E-state index in [0.717, 1.165) is 17.1 Å². The number of anilines is 3. The van der Waals surface area contributed by atoms with Gasteiger partial charge in [0.1, 0.15) is 0 Å². The number of hydrogen-bond donors (Lipinski definition) is 0. The fraction of sp³-hybridized carbons (Fsp3) is 0. The number of hydrogen-bond acceptors (Lipinski definition) is 1. The first kappa shape index (κ1) is 26.7. The van der Waals surface area contributed by atoms with Crippen LogP contribution in [0.15, 0.2) is 188 Å². The Morgan fingerprint density at radius 1 is 0.289 bits per heavy atom. The summed E-state index contributed by atoms with van der Waals surface area (Å²) in [6.45, 7) is 0. The molecule has 0 spiro atoms. The summed E-state index contributed by atoms with van der Waals surface area (Å²) in [5, 5.41) is 4.97.